The number of halogens is 5. The van der Waals surface area contributed by atoms with Gasteiger partial charge in [-0.3, -0.25) is 0 Å². The summed E-state index contributed by atoms with van der Waals surface area (Å²) in [5.41, 5.74) is -1.39. The van der Waals surface area contributed by atoms with E-state index in [-0.39, 0.29) is 28.3 Å². The molecule has 0 aliphatic carbocycles. The number of aromatic carboxylic acids is 1. The van der Waals surface area contributed by atoms with Gasteiger partial charge in [-0.2, -0.15) is 13.2 Å². The maximum absolute atomic E-state index is 13.8. The summed E-state index contributed by atoms with van der Waals surface area (Å²) in [6, 6.07) is 11.6. The Balaban J connectivity index is 2.34. The summed E-state index contributed by atoms with van der Waals surface area (Å²) in [6.45, 7) is 0.913. The van der Waals surface area contributed by atoms with E-state index in [0.29, 0.717) is 5.56 Å². The Labute approximate surface area is 162 Å². The highest BCUT2D eigenvalue weighted by Gasteiger charge is 2.41. The van der Waals surface area contributed by atoms with Crippen LogP contribution < -0.4 is 0 Å². The Bertz CT molecular complexity index is 1040. The largest absolute Gasteiger partial charge is 0.477 e. The van der Waals surface area contributed by atoms with Gasteiger partial charge in [0.25, 0.3) is 0 Å². The van der Waals surface area contributed by atoms with Crippen LogP contribution in [0.1, 0.15) is 27.3 Å². The van der Waals surface area contributed by atoms with Crippen molar-refractivity contribution in [2.75, 3.05) is 0 Å². The lowest BCUT2D eigenvalue weighted by atomic mass is 10.0. The zero-order valence-corrected chi connectivity index (χ0v) is 15.3. The fourth-order valence-corrected chi connectivity index (χ4v) is 3.44. The predicted molar refractivity (Wildman–Crippen MR) is 97.1 cm³/mol. The van der Waals surface area contributed by atoms with Gasteiger partial charge < -0.3 is 9.67 Å². The van der Waals surface area contributed by atoms with E-state index in [4.69, 9.17) is 11.6 Å². The molecule has 1 heterocycles. The number of carbonyl (C=O) groups is 1. The fraction of sp³-hybridized carbons (Fsp3) is 0.150. The molecule has 0 saturated heterocycles. The third-order valence-corrected chi connectivity index (χ3v) is 4.66. The highest BCUT2D eigenvalue weighted by Crippen LogP contribution is 2.41. The number of aromatic nitrogens is 1. The monoisotopic (exact) mass is 411 g/mol. The molecule has 146 valence electrons. The Hall–Kier alpha value is -2.80. The minimum Gasteiger partial charge on any atom is -0.477 e. The zero-order valence-electron chi connectivity index (χ0n) is 14.5. The molecule has 0 fully saturated rings. The summed E-state index contributed by atoms with van der Waals surface area (Å²) in [4.78, 5) is 12.0. The van der Waals surface area contributed by atoms with Gasteiger partial charge in [-0.05, 0) is 35.7 Å². The standard InChI is InChI=1S/C20H14ClF4NO2/c1-11-16(13-7-8-15(22)14(21)9-13)17(19(27)28)26(18(11)20(23,24)25)10-12-5-3-2-4-6-12/h2-9H,10H2,1H3,(H,27,28). The average molecular weight is 412 g/mol. The second-order valence-corrected chi connectivity index (χ2v) is 6.61. The van der Waals surface area contributed by atoms with Crippen molar-refractivity contribution >= 4 is 17.6 Å². The molecule has 1 N–H and O–H groups in total. The van der Waals surface area contributed by atoms with Crippen molar-refractivity contribution in [2.45, 2.75) is 19.6 Å². The van der Waals surface area contributed by atoms with Gasteiger partial charge in [0.15, 0.2) is 0 Å². The fourth-order valence-electron chi connectivity index (χ4n) is 3.26. The molecule has 0 radical (unpaired) electrons. The molecule has 1 aromatic heterocycles. The molecule has 0 aliphatic rings. The molecule has 0 spiro atoms. The maximum Gasteiger partial charge on any atom is 0.431 e. The smallest absolute Gasteiger partial charge is 0.431 e. The molecule has 3 rings (SSSR count). The summed E-state index contributed by atoms with van der Waals surface area (Å²) in [6.07, 6.45) is -4.79. The van der Waals surface area contributed by atoms with Crippen LogP contribution in [0.5, 0.6) is 0 Å². The summed E-state index contributed by atoms with van der Waals surface area (Å²) in [7, 11) is 0. The number of hydrogen-bond acceptors (Lipinski definition) is 1. The number of carboxylic acid groups (broad SMARTS) is 1. The first-order chi connectivity index (χ1) is 13.1. The topological polar surface area (TPSA) is 42.2 Å². The van der Waals surface area contributed by atoms with Crippen molar-refractivity contribution in [1.82, 2.24) is 4.57 Å². The molecule has 0 atom stereocenters. The molecule has 2 aromatic carbocycles. The van der Waals surface area contributed by atoms with Gasteiger partial charge in [0.1, 0.15) is 17.2 Å². The maximum atomic E-state index is 13.8. The lowest BCUT2D eigenvalue weighted by Crippen LogP contribution is -2.19. The Morgan fingerprint density at radius 2 is 1.79 bits per heavy atom. The van der Waals surface area contributed by atoms with Crippen molar-refractivity contribution < 1.29 is 27.5 Å². The van der Waals surface area contributed by atoms with Crippen molar-refractivity contribution in [2.24, 2.45) is 0 Å². The van der Waals surface area contributed by atoms with E-state index in [1.165, 1.54) is 13.0 Å². The molecule has 0 saturated carbocycles. The van der Waals surface area contributed by atoms with Crippen molar-refractivity contribution in [3.63, 3.8) is 0 Å². The van der Waals surface area contributed by atoms with Crippen molar-refractivity contribution in [3.8, 4) is 11.1 Å². The van der Waals surface area contributed by atoms with E-state index < -0.39 is 29.4 Å². The van der Waals surface area contributed by atoms with Gasteiger partial charge in [-0.25, -0.2) is 9.18 Å². The first-order valence-corrected chi connectivity index (χ1v) is 8.52. The summed E-state index contributed by atoms with van der Waals surface area (Å²) >= 11 is 5.76. The molecule has 0 amide bonds. The van der Waals surface area contributed by atoms with Crippen molar-refractivity contribution in [3.05, 3.63) is 81.9 Å². The molecule has 3 nitrogen and oxygen atoms in total. The first kappa shape index (κ1) is 19.9. The van der Waals surface area contributed by atoms with Crippen LogP contribution in [0.4, 0.5) is 17.6 Å². The third-order valence-electron chi connectivity index (χ3n) is 4.37. The number of nitrogens with zero attached hydrogens (tertiary/aromatic N) is 1. The zero-order chi connectivity index (χ0) is 20.6. The molecule has 28 heavy (non-hydrogen) atoms. The van der Waals surface area contributed by atoms with Crippen LogP contribution >= 0.6 is 11.6 Å². The minimum absolute atomic E-state index is 0.0959. The highest BCUT2D eigenvalue weighted by molar-refractivity contribution is 6.31. The van der Waals surface area contributed by atoms with E-state index in [1.807, 2.05) is 0 Å². The second-order valence-electron chi connectivity index (χ2n) is 6.20. The van der Waals surface area contributed by atoms with E-state index in [9.17, 15) is 27.5 Å². The summed E-state index contributed by atoms with van der Waals surface area (Å²) in [5.74, 6) is -2.27. The second kappa shape index (κ2) is 7.31. The number of carboxylic acids is 1. The van der Waals surface area contributed by atoms with E-state index in [0.717, 1.165) is 16.7 Å². The third kappa shape index (κ3) is 3.62. The van der Waals surface area contributed by atoms with E-state index >= 15 is 0 Å². The van der Waals surface area contributed by atoms with Gasteiger partial charge in [0.05, 0.1) is 5.02 Å². The number of benzene rings is 2. The van der Waals surface area contributed by atoms with Crippen LogP contribution in [0.2, 0.25) is 5.02 Å². The van der Waals surface area contributed by atoms with Gasteiger partial charge >= 0.3 is 12.1 Å². The normalized spacial score (nSPS) is 11.6. The van der Waals surface area contributed by atoms with E-state index in [1.54, 1.807) is 30.3 Å². The quantitative estimate of drug-likeness (QED) is 0.533. The van der Waals surface area contributed by atoms with Crippen LogP contribution in [-0.2, 0) is 12.7 Å². The Morgan fingerprint density at radius 1 is 1.14 bits per heavy atom. The molecule has 0 bridgehead atoms. The lowest BCUT2D eigenvalue weighted by molar-refractivity contribution is -0.143. The highest BCUT2D eigenvalue weighted by atomic mass is 35.5. The number of rotatable bonds is 4. The van der Waals surface area contributed by atoms with Crippen LogP contribution in [0.3, 0.4) is 0 Å². The predicted octanol–water partition coefficient (Wildman–Crippen LogP) is 6.02. The summed E-state index contributed by atoms with van der Waals surface area (Å²) in [5, 5.41) is 9.41. The Morgan fingerprint density at radius 3 is 2.32 bits per heavy atom. The number of alkyl halides is 3. The SMILES string of the molecule is Cc1c(-c2ccc(F)c(Cl)c2)c(C(=O)O)n(Cc2ccccc2)c1C(F)(F)F. The molecule has 8 heteroatoms. The van der Waals surface area contributed by atoms with Gasteiger partial charge in [0.2, 0.25) is 0 Å². The van der Waals surface area contributed by atoms with Crippen LogP contribution in [-0.4, -0.2) is 15.6 Å². The van der Waals surface area contributed by atoms with E-state index in [2.05, 4.69) is 0 Å². The molecular weight excluding hydrogens is 398 g/mol. The van der Waals surface area contributed by atoms with Crippen molar-refractivity contribution in [1.29, 1.82) is 0 Å². The number of hydrogen-bond donors (Lipinski definition) is 1. The van der Waals surface area contributed by atoms with Gasteiger partial charge in [-0.1, -0.05) is 48.0 Å². The van der Waals surface area contributed by atoms with Crippen LogP contribution in [0.25, 0.3) is 11.1 Å². The van der Waals surface area contributed by atoms with Crippen LogP contribution in [0.15, 0.2) is 48.5 Å². The average Bonchev–Trinajstić information content (AvgIpc) is 2.90. The minimum atomic E-state index is -4.79. The molecule has 0 aliphatic heterocycles. The molecule has 3 aromatic rings. The summed E-state index contributed by atoms with van der Waals surface area (Å²) < 4.78 is 55.7. The Kier molecular flexibility index (Phi) is 5.21. The van der Waals surface area contributed by atoms with Gasteiger partial charge in [0, 0.05) is 12.1 Å². The lowest BCUT2D eigenvalue weighted by Gasteiger charge is -2.15. The molecular formula is C20H14ClF4NO2. The first-order valence-electron chi connectivity index (χ1n) is 8.14. The van der Waals surface area contributed by atoms with Gasteiger partial charge in [-0.15, -0.1) is 0 Å². The van der Waals surface area contributed by atoms with Crippen LogP contribution in [0, 0.1) is 12.7 Å². The molecule has 0 unspecified atom stereocenters.